The fraction of sp³-hybridized carbons (Fsp3) is 0.400. The van der Waals surface area contributed by atoms with Gasteiger partial charge in [0.2, 0.25) is 11.8 Å². The van der Waals surface area contributed by atoms with Crippen molar-refractivity contribution in [1.82, 2.24) is 20.5 Å². The summed E-state index contributed by atoms with van der Waals surface area (Å²) < 4.78 is 0.751. The van der Waals surface area contributed by atoms with Crippen LogP contribution in [0.3, 0.4) is 0 Å². The Balaban J connectivity index is 1.48. The van der Waals surface area contributed by atoms with Crippen LogP contribution in [0.1, 0.15) is 61.8 Å². The lowest BCUT2D eigenvalue weighted by molar-refractivity contribution is -0.142. The molecule has 2 aromatic carbocycles. The zero-order chi connectivity index (χ0) is 29.2. The predicted molar refractivity (Wildman–Crippen MR) is 160 cm³/mol. The Morgan fingerprint density at radius 1 is 1.12 bits per heavy atom. The molecule has 8 nitrogen and oxygen atoms in total. The van der Waals surface area contributed by atoms with Crippen molar-refractivity contribution in [2.24, 2.45) is 5.41 Å². The maximum absolute atomic E-state index is 13.8. The van der Waals surface area contributed by atoms with Gasteiger partial charge in [0.05, 0.1) is 28.2 Å². The van der Waals surface area contributed by atoms with Gasteiger partial charge in [-0.1, -0.05) is 67.0 Å². The SMILES string of the molecule is Cc1ncsc1-c1ccc(C(C)NC(=O)[C@@H]2C[C@@H](O)CN2C(=O)C(NC(=O)c2cccc(Br)c2)C(C)(C)C)cc1. The number of aliphatic hydroxyl groups excluding tert-OH is 1. The van der Waals surface area contributed by atoms with Crippen LogP contribution in [0, 0.1) is 12.3 Å². The Morgan fingerprint density at radius 3 is 2.42 bits per heavy atom. The first-order chi connectivity index (χ1) is 18.8. The highest BCUT2D eigenvalue weighted by Crippen LogP contribution is 2.29. The number of aromatic nitrogens is 1. The van der Waals surface area contributed by atoms with Gasteiger partial charge in [-0.2, -0.15) is 0 Å². The number of rotatable bonds is 7. The molecule has 40 heavy (non-hydrogen) atoms. The number of amides is 3. The van der Waals surface area contributed by atoms with Gasteiger partial charge in [-0.3, -0.25) is 14.4 Å². The molecule has 0 aliphatic carbocycles. The monoisotopic (exact) mass is 626 g/mol. The number of carbonyl (C=O) groups excluding carboxylic acids is 3. The molecule has 0 radical (unpaired) electrons. The second kappa shape index (κ2) is 12.2. The van der Waals surface area contributed by atoms with E-state index in [2.05, 4.69) is 31.5 Å². The molecule has 3 amide bonds. The van der Waals surface area contributed by atoms with E-state index in [1.165, 1.54) is 4.90 Å². The first-order valence-corrected chi connectivity index (χ1v) is 14.9. The summed E-state index contributed by atoms with van der Waals surface area (Å²) in [7, 11) is 0. The van der Waals surface area contributed by atoms with Gasteiger partial charge in [-0.15, -0.1) is 11.3 Å². The second-order valence-electron chi connectivity index (χ2n) is 11.3. The maximum Gasteiger partial charge on any atom is 0.251 e. The molecule has 10 heteroatoms. The fourth-order valence-corrected chi connectivity index (χ4v) is 6.07. The van der Waals surface area contributed by atoms with Crippen molar-refractivity contribution in [3.63, 3.8) is 0 Å². The number of benzene rings is 2. The van der Waals surface area contributed by atoms with Crippen molar-refractivity contribution in [2.45, 2.75) is 65.3 Å². The number of nitrogens with one attached hydrogen (secondary N) is 2. The second-order valence-corrected chi connectivity index (χ2v) is 13.1. The maximum atomic E-state index is 13.8. The molecule has 1 aromatic heterocycles. The molecule has 0 spiro atoms. The topological polar surface area (TPSA) is 112 Å². The Labute approximate surface area is 247 Å². The summed E-state index contributed by atoms with van der Waals surface area (Å²) in [5.74, 6) is -1.13. The molecule has 4 atom stereocenters. The lowest BCUT2D eigenvalue weighted by Gasteiger charge is -2.35. The number of nitrogens with zero attached hydrogens (tertiary/aromatic N) is 2. The first-order valence-electron chi connectivity index (χ1n) is 13.2. The predicted octanol–water partition coefficient (Wildman–Crippen LogP) is 4.86. The molecule has 212 valence electrons. The van der Waals surface area contributed by atoms with E-state index >= 15 is 0 Å². The molecule has 1 aliphatic rings. The number of hydrogen-bond donors (Lipinski definition) is 3. The average molecular weight is 628 g/mol. The van der Waals surface area contributed by atoms with Gasteiger partial charge in [0.25, 0.3) is 5.91 Å². The van der Waals surface area contributed by atoms with E-state index in [0.29, 0.717) is 5.56 Å². The normalized spacial score (nSPS) is 18.7. The number of aliphatic hydroxyl groups is 1. The van der Waals surface area contributed by atoms with E-state index in [1.54, 1.807) is 29.5 Å². The summed E-state index contributed by atoms with van der Waals surface area (Å²) in [6.45, 7) is 9.46. The van der Waals surface area contributed by atoms with E-state index in [-0.39, 0.29) is 30.8 Å². The summed E-state index contributed by atoms with van der Waals surface area (Å²) in [6, 6.07) is 12.8. The summed E-state index contributed by atoms with van der Waals surface area (Å²) in [4.78, 5) is 47.1. The van der Waals surface area contributed by atoms with Crippen molar-refractivity contribution in [2.75, 3.05) is 6.54 Å². The van der Waals surface area contributed by atoms with Crippen LogP contribution in [0.25, 0.3) is 10.4 Å². The van der Waals surface area contributed by atoms with E-state index in [0.717, 1.165) is 26.2 Å². The van der Waals surface area contributed by atoms with Crippen molar-refractivity contribution in [3.8, 4) is 10.4 Å². The highest BCUT2D eigenvalue weighted by atomic mass is 79.9. The van der Waals surface area contributed by atoms with Crippen LogP contribution >= 0.6 is 27.3 Å². The molecule has 4 rings (SSSR count). The highest BCUT2D eigenvalue weighted by molar-refractivity contribution is 9.10. The lowest BCUT2D eigenvalue weighted by atomic mass is 9.85. The number of β-amino-alcohol motifs (C(OH)–C–C–N with tert-alkyl or cyclic N) is 1. The summed E-state index contributed by atoms with van der Waals surface area (Å²) in [5, 5.41) is 16.4. The largest absolute Gasteiger partial charge is 0.391 e. The molecule has 1 saturated heterocycles. The average Bonchev–Trinajstić information content (AvgIpc) is 3.51. The molecule has 0 bridgehead atoms. The fourth-order valence-electron chi connectivity index (χ4n) is 4.86. The number of carbonyl (C=O) groups is 3. The minimum atomic E-state index is -0.903. The smallest absolute Gasteiger partial charge is 0.251 e. The minimum absolute atomic E-state index is 0.0214. The Bertz CT molecular complexity index is 1380. The van der Waals surface area contributed by atoms with E-state index in [4.69, 9.17) is 0 Å². The van der Waals surface area contributed by atoms with Gasteiger partial charge in [0.15, 0.2) is 0 Å². The third kappa shape index (κ3) is 6.79. The van der Waals surface area contributed by atoms with Gasteiger partial charge < -0.3 is 20.6 Å². The number of likely N-dealkylation sites (tertiary alicyclic amines) is 1. The number of hydrogen-bond acceptors (Lipinski definition) is 6. The third-order valence-corrected chi connectivity index (χ3v) is 8.59. The quantitative estimate of drug-likeness (QED) is 0.347. The van der Waals surface area contributed by atoms with Gasteiger partial charge >= 0.3 is 0 Å². The van der Waals surface area contributed by atoms with Crippen LogP contribution in [0.4, 0.5) is 0 Å². The van der Waals surface area contributed by atoms with Crippen LogP contribution in [-0.4, -0.2) is 57.4 Å². The number of thiazole rings is 1. The Morgan fingerprint density at radius 2 is 1.82 bits per heavy atom. The molecule has 1 fully saturated rings. The number of aryl methyl sites for hydroxylation is 1. The van der Waals surface area contributed by atoms with E-state index < -0.39 is 29.5 Å². The van der Waals surface area contributed by atoms with Gasteiger partial charge in [-0.25, -0.2) is 4.98 Å². The highest BCUT2D eigenvalue weighted by Gasteiger charge is 2.44. The first kappa shape index (κ1) is 29.9. The minimum Gasteiger partial charge on any atom is -0.391 e. The Kier molecular flexibility index (Phi) is 9.12. The molecular weight excluding hydrogens is 592 g/mol. The molecule has 3 aromatic rings. The summed E-state index contributed by atoms with van der Waals surface area (Å²) in [6.07, 6.45) is -0.706. The Hall–Kier alpha value is -3.08. The summed E-state index contributed by atoms with van der Waals surface area (Å²) >= 11 is 4.96. The summed E-state index contributed by atoms with van der Waals surface area (Å²) in [5.41, 5.74) is 4.56. The van der Waals surface area contributed by atoms with Gasteiger partial charge in [0, 0.05) is 23.0 Å². The molecule has 2 heterocycles. The standard InChI is InChI=1S/C30H35BrN4O4S/c1-17(19-9-11-20(12-10-19)25-18(2)32-16-40-25)33-28(38)24-14-23(36)15-35(24)29(39)26(30(3,4)5)34-27(37)21-7-6-8-22(31)13-21/h6-13,16-17,23-24,26,36H,14-15H2,1-5H3,(H,33,38)(H,34,37)/t17?,23-,24+,26?/m1/s1. The van der Waals surface area contributed by atoms with Gasteiger partial charge in [-0.05, 0) is 48.6 Å². The zero-order valence-electron chi connectivity index (χ0n) is 23.3. The van der Waals surface area contributed by atoms with Crippen molar-refractivity contribution in [1.29, 1.82) is 0 Å². The van der Waals surface area contributed by atoms with Crippen LogP contribution in [-0.2, 0) is 9.59 Å². The van der Waals surface area contributed by atoms with Crippen LogP contribution in [0.15, 0.2) is 58.5 Å². The molecule has 3 N–H and O–H groups in total. The molecule has 1 aliphatic heterocycles. The van der Waals surface area contributed by atoms with Crippen LogP contribution in [0.2, 0.25) is 0 Å². The van der Waals surface area contributed by atoms with Crippen LogP contribution < -0.4 is 10.6 Å². The van der Waals surface area contributed by atoms with Crippen molar-refractivity contribution in [3.05, 3.63) is 75.3 Å². The van der Waals surface area contributed by atoms with Crippen LogP contribution in [0.5, 0.6) is 0 Å². The van der Waals surface area contributed by atoms with E-state index in [9.17, 15) is 19.5 Å². The number of halogens is 1. The zero-order valence-corrected chi connectivity index (χ0v) is 25.7. The van der Waals surface area contributed by atoms with Gasteiger partial charge in [0.1, 0.15) is 12.1 Å². The van der Waals surface area contributed by atoms with Crippen molar-refractivity contribution < 1.29 is 19.5 Å². The van der Waals surface area contributed by atoms with E-state index in [1.807, 2.05) is 70.5 Å². The lowest BCUT2D eigenvalue weighted by Crippen LogP contribution is -2.57. The third-order valence-electron chi connectivity index (χ3n) is 7.12. The molecule has 0 saturated carbocycles. The van der Waals surface area contributed by atoms with Crippen molar-refractivity contribution >= 4 is 45.0 Å². The molecular formula is C30H35BrN4O4S. The molecule has 2 unspecified atom stereocenters.